The summed E-state index contributed by atoms with van der Waals surface area (Å²) in [6, 6.07) is 7.28. The number of benzene rings is 1. The van der Waals surface area contributed by atoms with Crippen LogP contribution in [0.5, 0.6) is 0 Å². The number of rotatable bonds is 4. The maximum Gasteiger partial charge on any atom is 0.0329 e. The van der Waals surface area contributed by atoms with E-state index in [4.69, 9.17) is 5.73 Å². The molecule has 3 N–H and O–H groups in total. The van der Waals surface area contributed by atoms with Crippen molar-refractivity contribution in [2.75, 3.05) is 19.3 Å². The van der Waals surface area contributed by atoms with Crippen molar-refractivity contribution in [2.24, 2.45) is 5.73 Å². The quantitative estimate of drug-likeness (QED) is 0.842. The van der Waals surface area contributed by atoms with Gasteiger partial charge in [-0.05, 0) is 55.8 Å². The Bertz CT molecular complexity index is 352. The third-order valence-corrected chi connectivity index (χ3v) is 4.34. The Kier molecular flexibility index (Phi) is 4.27. The van der Waals surface area contributed by atoms with Crippen LogP contribution in [0, 0.1) is 0 Å². The molecule has 2 rings (SSSR count). The maximum atomic E-state index is 5.64. The maximum absolute atomic E-state index is 5.64. The molecule has 0 amide bonds. The van der Waals surface area contributed by atoms with E-state index in [0.717, 1.165) is 13.0 Å². The molecule has 1 aromatic rings. The SMILES string of the molecule is CNC(CCN)c1ccc2c(c1)CCCS2. The van der Waals surface area contributed by atoms with Crippen LogP contribution in [0.3, 0.4) is 0 Å². The summed E-state index contributed by atoms with van der Waals surface area (Å²) in [5.41, 5.74) is 8.54. The standard InChI is InChI=1S/C13H20N2S/c1-15-12(6-7-14)10-4-5-13-11(9-10)3-2-8-16-13/h4-5,9,12,15H,2-3,6-8,14H2,1H3. The second kappa shape index (κ2) is 5.71. The first-order valence-corrected chi connectivity index (χ1v) is 6.96. The highest BCUT2D eigenvalue weighted by Gasteiger charge is 2.13. The highest BCUT2D eigenvalue weighted by molar-refractivity contribution is 7.99. The van der Waals surface area contributed by atoms with Gasteiger partial charge in [0.25, 0.3) is 0 Å². The molecule has 0 aromatic heterocycles. The fraction of sp³-hybridized carbons (Fsp3) is 0.538. The molecule has 0 radical (unpaired) electrons. The molecule has 1 unspecified atom stereocenters. The molecular formula is C13H20N2S. The normalized spacial score (nSPS) is 16.9. The van der Waals surface area contributed by atoms with E-state index in [2.05, 4.69) is 23.5 Å². The molecule has 0 aliphatic carbocycles. The minimum Gasteiger partial charge on any atom is -0.330 e. The van der Waals surface area contributed by atoms with Crippen molar-refractivity contribution in [3.63, 3.8) is 0 Å². The first-order chi connectivity index (χ1) is 7.85. The molecule has 1 heterocycles. The Labute approximate surface area is 102 Å². The smallest absolute Gasteiger partial charge is 0.0329 e. The molecule has 0 spiro atoms. The molecule has 3 heteroatoms. The third-order valence-electron chi connectivity index (χ3n) is 3.14. The van der Waals surface area contributed by atoms with Gasteiger partial charge in [-0.2, -0.15) is 0 Å². The van der Waals surface area contributed by atoms with E-state index in [-0.39, 0.29) is 0 Å². The minimum atomic E-state index is 0.405. The monoisotopic (exact) mass is 236 g/mol. The molecule has 1 aromatic carbocycles. The summed E-state index contributed by atoms with van der Waals surface area (Å²) < 4.78 is 0. The Morgan fingerprint density at radius 1 is 1.50 bits per heavy atom. The van der Waals surface area contributed by atoms with Crippen molar-refractivity contribution < 1.29 is 0 Å². The molecule has 0 saturated heterocycles. The number of nitrogens with two attached hydrogens (primary N) is 1. The average Bonchev–Trinajstić information content (AvgIpc) is 2.35. The summed E-state index contributed by atoms with van der Waals surface area (Å²) in [4.78, 5) is 1.47. The van der Waals surface area contributed by atoms with E-state index in [1.54, 1.807) is 0 Å². The predicted octanol–water partition coefficient (Wildman–Crippen LogP) is 2.33. The molecule has 16 heavy (non-hydrogen) atoms. The van der Waals surface area contributed by atoms with Crippen LogP contribution >= 0.6 is 11.8 Å². The highest BCUT2D eigenvalue weighted by Crippen LogP contribution is 2.32. The van der Waals surface area contributed by atoms with Gasteiger partial charge in [0, 0.05) is 10.9 Å². The summed E-state index contributed by atoms with van der Waals surface area (Å²) in [6.07, 6.45) is 3.54. The van der Waals surface area contributed by atoms with Crippen LogP contribution in [0.1, 0.15) is 30.0 Å². The fourth-order valence-electron chi connectivity index (χ4n) is 2.24. The van der Waals surface area contributed by atoms with Gasteiger partial charge in [-0.3, -0.25) is 0 Å². The summed E-state index contributed by atoms with van der Waals surface area (Å²) in [5, 5.41) is 3.34. The van der Waals surface area contributed by atoms with Gasteiger partial charge in [-0.15, -0.1) is 11.8 Å². The Morgan fingerprint density at radius 2 is 2.38 bits per heavy atom. The number of fused-ring (bicyclic) bond motifs is 1. The first kappa shape index (κ1) is 12.0. The Hall–Kier alpha value is -0.510. The molecule has 2 nitrogen and oxygen atoms in total. The topological polar surface area (TPSA) is 38.0 Å². The molecule has 0 saturated carbocycles. The third kappa shape index (κ3) is 2.59. The lowest BCUT2D eigenvalue weighted by Gasteiger charge is -2.20. The van der Waals surface area contributed by atoms with Crippen molar-refractivity contribution in [3.8, 4) is 0 Å². The van der Waals surface area contributed by atoms with Crippen LogP contribution < -0.4 is 11.1 Å². The number of hydrogen-bond acceptors (Lipinski definition) is 3. The number of hydrogen-bond donors (Lipinski definition) is 2. The molecule has 0 fully saturated rings. The second-order valence-electron chi connectivity index (χ2n) is 4.24. The van der Waals surface area contributed by atoms with Crippen LogP contribution in [0.15, 0.2) is 23.1 Å². The van der Waals surface area contributed by atoms with Gasteiger partial charge in [-0.25, -0.2) is 0 Å². The lowest BCUT2D eigenvalue weighted by molar-refractivity contribution is 0.555. The van der Waals surface area contributed by atoms with Crippen molar-refractivity contribution in [3.05, 3.63) is 29.3 Å². The lowest BCUT2D eigenvalue weighted by atomic mass is 9.99. The van der Waals surface area contributed by atoms with Gasteiger partial charge in [-0.1, -0.05) is 12.1 Å². The molecule has 88 valence electrons. The average molecular weight is 236 g/mol. The molecular weight excluding hydrogens is 216 g/mol. The highest BCUT2D eigenvalue weighted by atomic mass is 32.2. The zero-order chi connectivity index (χ0) is 11.4. The van der Waals surface area contributed by atoms with E-state index in [1.807, 2.05) is 18.8 Å². The summed E-state index contributed by atoms with van der Waals surface area (Å²) >= 11 is 1.98. The van der Waals surface area contributed by atoms with Crippen LogP contribution in [0.2, 0.25) is 0 Å². The second-order valence-corrected chi connectivity index (χ2v) is 5.37. The van der Waals surface area contributed by atoms with Crippen LogP contribution in [-0.2, 0) is 6.42 Å². The fourth-order valence-corrected chi connectivity index (χ4v) is 3.26. The van der Waals surface area contributed by atoms with Crippen molar-refractivity contribution in [2.45, 2.75) is 30.2 Å². The van der Waals surface area contributed by atoms with E-state index >= 15 is 0 Å². The van der Waals surface area contributed by atoms with Gasteiger partial charge in [0.2, 0.25) is 0 Å². The summed E-state index contributed by atoms with van der Waals surface area (Å²) in [7, 11) is 2.01. The van der Waals surface area contributed by atoms with Crippen LogP contribution in [0.25, 0.3) is 0 Å². The van der Waals surface area contributed by atoms with Gasteiger partial charge in [0.1, 0.15) is 0 Å². The summed E-state index contributed by atoms with van der Waals surface area (Å²) in [5.74, 6) is 1.27. The zero-order valence-corrected chi connectivity index (χ0v) is 10.6. The van der Waals surface area contributed by atoms with E-state index < -0.39 is 0 Å². The van der Waals surface area contributed by atoms with Crippen LogP contribution in [-0.4, -0.2) is 19.3 Å². The number of thioether (sulfide) groups is 1. The van der Waals surface area contributed by atoms with E-state index in [1.165, 1.54) is 34.6 Å². The number of nitrogens with one attached hydrogen (secondary N) is 1. The molecule has 1 atom stereocenters. The largest absolute Gasteiger partial charge is 0.330 e. The van der Waals surface area contributed by atoms with Crippen molar-refractivity contribution in [1.82, 2.24) is 5.32 Å². The van der Waals surface area contributed by atoms with Gasteiger partial charge < -0.3 is 11.1 Å². The summed E-state index contributed by atoms with van der Waals surface area (Å²) in [6.45, 7) is 0.733. The zero-order valence-electron chi connectivity index (χ0n) is 9.83. The van der Waals surface area contributed by atoms with E-state index in [0.29, 0.717) is 6.04 Å². The van der Waals surface area contributed by atoms with Gasteiger partial charge in [0.05, 0.1) is 0 Å². The lowest BCUT2D eigenvalue weighted by Crippen LogP contribution is -2.20. The minimum absolute atomic E-state index is 0.405. The molecule has 1 aliphatic heterocycles. The van der Waals surface area contributed by atoms with Gasteiger partial charge >= 0.3 is 0 Å². The van der Waals surface area contributed by atoms with Crippen LogP contribution in [0.4, 0.5) is 0 Å². The van der Waals surface area contributed by atoms with Crippen molar-refractivity contribution >= 4 is 11.8 Å². The predicted molar refractivity (Wildman–Crippen MR) is 71.0 cm³/mol. The van der Waals surface area contributed by atoms with E-state index in [9.17, 15) is 0 Å². The van der Waals surface area contributed by atoms with Crippen molar-refractivity contribution in [1.29, 1.82) is 0 Å². The molecule has 0 bridgehead atoms. The number of aryl methyl sites for hydroxylation is 1. The Morgan fingerprint density at radius 3 is 3.12 bits per heavy atom. The first-order valence-electron chi connectivity index (χ1n) is 5.98. The molecule has 1 aliphatic rings. The Balaban J connectivity index is 2.21. The van der Waals surface area contributed by atoms with Gasteiger partial charge in [0.15, 0.2) is 0 Å².